The first-order valence-corrected chi connectivity index (χ1v) is 6.93. The Hall–Kier alpha value is -1.10. The normalized spacial score (nSPS) is 26.0. The molecule has 0 aromatic heterocycles. The molecule has 2 aliphatic heterocycles. The van der Waals surface area contributed by atoms with Gasteiger partial charge in [0.05, 0.1) is 6.54 Å². The Bertz CT molecular complexity index is 311. The van der Waals surface area contributed by atoms with Crippen molar-refractivity contribution in [2.75, 3.05) is 26.2 Å². The van der Waals surface area contributed by atoms with Crippen LogP contribution in [0.25, 0.3) is 0 Å². The second kappa shape index (κ2) is 6.18. The maximum atomic E-state index is 12.2. The van der Waals surface area contributed by atoms with Crippen molar-refractivity contribution >= 4 is 11.9 Å². The summed E-state index contributed by atoms with van der Waals surface area (Å²) in [5.41, 5.74) is 0. The molecule has 0 spiro atoms. The summed E-state index contributed by atoms with van der Waals surface area (Å²) in [5, 5.41) is 9.09. The van der Waals surface area contributed by atoms with Gasteiger partial charge in [-0.3, -0.25) is 14.5 Å². The first-order valence-electron chi connectivity index (χ1n) is 6.93. The van der Waals surface area contributed by atoms with E-state index in [0.29, 0.717) is 6.42 Å². The number of hydrogen-bond acceptors (Lipinski definition) is 3. The first-order chi connectivity index (χ1) is 8.68. The number of amides is 1. The van der Waals surface area contributed by atoms with Crippen LogP contribution in [0.15, 0.2) is 0 Å². The highest BCUT2D eigenvalue weighted by molar-refractivity contribution is 5.80. The molecule has 5 heteroatoms. The molecule has 2 aliphatic rings. The fraction of sp³-hybridized carbons (Fsp3) is 0.846. The van der Waals surface area contributed by atoms with Crippen molar-refractivity contribution < 1.29 is 14.7 Å². The summed E-state index contributed by atoms with van der Waals surface area (Å²) in [4.78, 5) is 26.9. The summed E-state index contributed by atoms with van der Waals surface area (Å²) < 4.78 is 0. The minimum Gasteiger partial charge on any atom is -0.480 e. The van der Waals surface area contributed by atoms with E-state index in [1.54, 1.807) is 0 Å². The number of likely N-dealkylation sites (tertiary alicyclic amines) is 2. The van der Waals surface area contributed by atoms with Crippen LogP contribution in [0.4, 0.5) is 0 Å². The smallest absolute Gasteiger partial charge is 0.320 e. The Morgan fingerprint density at radius 2 is 1.67 bits per heavy atom. The Balaban J connectivity index is 1.87. The zero-order valence-electron chi connectivity index (χ0n) is 10.8. The lowest BCUT2D eigenvalue weighted by Crippen LogP contribution is -2.44. The zero-order valence-corrected chi connectivity index (χ0v) is 10.8. The quantitative estimate of drug-likeness (QED) is 0.814. The molecule has 1 atom stereocenters. The number of carbonyl (C=O) groups excluding carboxylic acids is 1. The van der Waals surface area contributed by atoms with Crippen molar-refractivity contribution in [3.05, 3.63) is 0 Å². The average Bonchev–Trinajstić information content (AvgIpc) is 2.63. The van der Waals surface area contributed by atoms with Crippen molar-refractivity contribution in [3.63, 3.8) is 0 Å². The van der Waals surface area contributed by atoms with Crippen LogP contribution in [0.1, 0.15) is 38.5 Å². The van der Waals surface area contributed by atoms with Gasteiger partial charge in [0.1, 0.15) is 6.04 Å². The monoisotopic (exact) mass is 254 g/mol. The number of carboxylic acids is 1. The van der Waals surface area contributed by atoms with Crippen LogP contribution >= 0.6 is 0 Å². The Labute approximate surface area is 108 Å². The molecule has 0 radical (unpaired) electrons. The van der Waals surface area contributed by atoms with Gasteiger partial charge < -0.3 is 10.0 Å². The molecule has 2 saturated heterocycles. The lowest BCUT2D eigenvalue weighted by Gasteiger charge is -2.26. The van der Waals surface area contributed by atoms with Crippen molar-refractivity contribution in [1.82, 2.24) is 9.80 Å². The first kappa shape index (κ1) is 13.3. The molecule has 0 saturated carbocycles. The molecule has 2 heterocycles. The second-order valence-electron chi connectivity index (χ2n) is 5.26. The van der Waals surface area contributed by atoms with Crippen LogP contribution in [0.5, 0.6) is 0 Å². The average molecular weight is 254 g/mol. The molecule has 102 valence electrons. The highest BCUT2D eigenvalue weighted by atomic mass is 16.4. The lowest BCUT2D eigenvalue weighted by molar-refractivity contribution is -0.143. The summed E-state index contributed by atoms with van der Waals surface area (Å²) in [6, 6.07) is -0.457. The summed E-state index contributed by atoms with van der Waals surface area (Å²) >= 11 is 0. The van der Waals surface area contributed by atoms with Gasteiger partial charge in [-0.1, -0.05) is 12.8 Å². The number of carbonyl (C=O) groups is 2. The van der Waals surface area contributed by atoms with Crippen LogP contribution < -0.4 is 0 Å². The van der Waals surface area contributed by atoms with Gasteiger partial charge >= 0.3 is 5.97 Å². The van der Waals surface area contributed by atoms with Crippen molar-refractivity contribution in [1.29, 1.82) is 0 Å². The van der Waals surface area contributed by atoms with Gasteiger partial charge in [0.15, 0.2) is 0 Å². The standard InChI is InChI=1S/C13H22N2O3/c16-12(14-7-3-1-2-4-8-14)10-15-9-5-6-11(15)13(17)18/h11H,1-10H2,(H,17,18). The zero-order chi connectivity index (χ0) is 13.0. The van der Waals surface area contributed by atoms with E-state index in [0.717, 1.165) is 38.9 Å². The number of carboxylic acid groups (broad SMARTS) is 1. The van der Waals surface area contributed by atoms with E-state index in [1.165, 1.54) is 12.8 Å². The second-order valence-corrected chi connectivity index (χ2v) is 5.26. The van der Waals surface area contributed by atoms with Gasteiger partial charge in [-0.05, 0) is 32.2 Å². The molecule has 0 aromatic carbocycles. The fourth-order valence-electron chi connectivity index (χ4n) is 2.89. The van der Waals surface area contributed by atoms with Crippen LogP contribution in [0.2, 0.25) is 0 Å². The van der Waals surface area contributed by atoms with E-state index in [9.17, 15) is 9.59 Å². The van der Waals surface area contributed by atoms with E-state index in [-0.39, 0.29) is 12.5 Å². The van der Waals surface area contributed by atoms with E-state index >= 15 is 0 Å². The molecule has 0 bridgehead atoms. The minimum absolute atomic E-state index is 0.102. The van der Waals surface area contributed by atoms with E-state index in [2.05, 4.69) is 0 Å². The molecule has 2 fully saturated rings. The third-order valence-corrected chi connectivity index (χ3v) is 3.95. The summed E-state index contributed by atoms with van der Waals surface area (Å²) in [6.07, 6.45) is 6.10. The number of rotatable bonds is 3. The molecular formula is C13H22N2O3. The van der Waals surface area contributed by atoms with Crippen molar-refractivity contribution in [2.24, 2.45) is 0 Å². The van der Waals surface area contributed by atoms with Crippen LogP contribution in [0, 0.1) is 0 Å². The molecule has 1 N–H and O–H groups in total. The predicted octanol–water partition coefficient (Wildman–Crippen LogP) is 0.938. The molecule has 1 amide bonds. The highest BCUT2D eigenvalue weighted by Crippen LogP contribution is 2.18. The number of aliphatic carboxylic acids is 1. The van der Waals surface area contributed by atoms with Gasteiger partial charge in [0, 0.05) is 13.1 Å². The predicted molar refractivity (Wildman–Crippen MR) is 67.3 cm³/mol. The highest BCUT2D eigenvalue weighted by Gasteiger charge is 2.32. The summed E-state index contributed by atoms with van der Waals surface area (Å²) in [7, 11) is 0. The SMILES string of the molecule is O=C(O)C1CCCN1CC(=O)N1CCCCCC1. The Morgan fingerprint density at radius 1 is 1.00 bits per heavy atom. The molecule has 0 aromatic rings. The van der Waals surface area contributed by atoms with Crippen LogP contribution in [0.3, 0.4) is 0 Å². The molecule has 1 unspecified atom stereocenters. The maximum absolute atomic E-state index is 12.2. The molecule has 18 heavy (non-hydrogen) atoms. The Morgan fingerprint density at radius 3 is 2.28 bits per heavy atom. The largest absolute Gasteiger partial charge is 0.480 e. The van der Waals surface area contributed by atoms with Gasteiger partial charge in [-0.2, -0.15) is 0 Å². The molecule has 0 aliphatic carbocycles. The maximum Gasteiger partial charge on any atom is 0.320 e. The third kappa shape index (κ3) is 3.22. The summed E-state index contributed by atoms with van der Waals surface area (Å²) in [6.45, 7) is 2.68. The number of hydrogen-bond donors (Lipinski definition) is 1. The van der Waals surface area contributed by atoms with E-state index < -0.39 is 12.0 Å². The van der Waals surface area contributed by atoms with Gasteiger partial charge in [-0.25, -0.2) is 0 Å². The fourth-order valence-corrected chi connectivity index (χ4v) is 2.89. The molecule has 2 rings (SSSR count). The topological polar surface area (TPSA) is 60.9 Å². The van der Waals surface area contributed by atoms with E-state index in [1.807, 2.05) is 9.80 Å². The molecular weight excluding hydrogens is 232 g/mol. The van der Waals surface area contributed by atoms with Gasteiger partial charge in [0.2, 0.25) is 5.91 Å². The minimum atomic E-state index is -0.795. The van der Waals surface area contributed by atoms with Crippen molar-refractivity contribution in [2.45, 2.75) is 44.6 Å². The van der Waals surface area contributed by atoms with Gasteiger partial charge in [0.25, 0.3) is 0 Å². The van der Waals surface area contributed by atoms with Crippen LogP contribution in [-0.2, 0) is 9.59 Å². The number of nitrogens with zero attached hydrogens (tertiary/aromatic N) is 2. The molecule has 5 nitrogen and oxygen atoms in total. The van der Waals surface area contributed by atoms with Crippen molar-refractivity contribution in [3.8, 4) is 0 Å². The van der Waals surface area contributed by atoms with Crippen LogP contribution in [-0.4, -0.2) is 59.0 Å². The van der Waals surface area contributed by atoms with Gasteiger partial charge in [-0.15, -0.1) is 0 Å². The van der Waals surface area contributed by atoms with E-state index in [4.69, 9.17) is 5.11 Å². The lowest BCUT2D eigenvalue weighted by atomic mass is 10.2. The summed E-state index contributed by atoms with van der Waals surface area (Å²) in [5.74, 6) is -0.693. The third-order valence-electron chi connectivity index (χ3n) is 3.95. The Kier molecular flexibility index (Phi) is 4.58.